The average molecular weight is 892 g/mol. The van der Waals surface area contributed by atoms with E-state index in [4.69, 9.17) is 14.2 Å². The molecule has 0 heterocycles. The molecule has 0 aliphatic heterocycles. The van der Waals surface area contributed by atoms with Gasteiger partial charge in [-0.05, 0) is 37.0 Å². The highest BCUT2D eigenvalue weighted by Crippen LogP contribution is 2.18. The molecule has 0 saturated heterocycles. The first kappa shape index (κ1) is 61.4. The van der Waals surface area contributed by atoms with Gasteiger partial charge in [0.2, 0.25) is 0 Å². The lowest BCUT2D eigenvalue weighted by Crippen LogP contribution is -2.30. The van der Waals surface area contributed by atoms with Crippen molar-refractivity contribution in [1.29, 1.82) is 0 Å². The summed E-state index contributed by atoms with van der Waals surface area (Å²) in [5.41, 5.74) is 0. The van der Waals surface area contributed by atoms with Gasteiger partial charge in [0.05, 0.1) is 0 Å². The molecule has 0 bridgehead atoms. The van der Waals surface area contributed by atoms with Crippen LogP contribution in [-0.4, -0.2) is 37.2 Å². The number of hydrogen-bond acceptors (Lipinski definition) is 6. The predicted octanol–water partition coefficient (Wildman–Crippen LogP) is 18.3. The third kappa shape index (κ3) is 49.7. The molecule has 63 heavy (non-hydrogen) atoms. The minimum absolute atomic E-state index is 0.0640. The Balaban J connectivity index is 4.30. The summed E-state index contributed by atoms with van der Waals surface area (Å²) in [4.78, 5) is 38.1. The lowest BCUT2D eigenvalue weighted by Gasteiger charge is -2.18. The van der Waals surface area contributed by atoms with Gasteiger partial charge in [0, 0.05) is 19.3 Å². The van der Waals surface area contributed by atoms with E-state index in [1.54, 1.807) is 0 Å². The van der Waals surface area contributed by atoms with Crippen LogP contribution in [0.5, 0.6) is 0 Å². The van der Waals surface area contributed by atoms with E-state index in [0.29, 0.717) is 19.3 Å². The third-order valence-electron chi connectivity index (χ3n) is 13.3. The van der Waals surface area contributed by atoms with Crippen LogP contribution in [-0.2, 0) is 28.6 Å². The van der Waals surface area contributed by atoms with Gasteiger partial charge in [0.15, 0.2) is 6.10 Å². The van der Waals surface area contributed by atoms with Gasteiger partial charge >= 0.3 is 17.9 Å². The average Bonchev–Trinajstić information content (AvgIpc) is 3.25. The zero-order valence-corrected chi connectivity index (χ0v) is 43.4. The Morgan fingerprint density at radius 3 is 0.825 bits per heavy atom. The molecule has 6 heteroatoms. The van der Waals surface area contributed by atoms with E-state index in [9.17, 15) is 14.4 Å². The SMILES string of the molecule is CCC(C)CCCCCCCCCCC(=O)OC[C@@H](COC(=O)CCCCCCCCCCCCCCCCC(C)C)OC(=O)CCCCCCCCCCCCCCCC(C)C. The minimum atomic E-state index is -0.763. The maximum Gasteiger partial charge on any atom is 0.306 e. The Morgan fingerprint density at radius 2 is 0.556 bits per heavy atom. The number of unbranched alkanes of at least 4 members (excludes halogenated alkanes) is 32. The molecule has 0 aromatic rings. The fourth-order valence-corrected chi connectivity index (χ4v) is 8.61. The molecule has 2 atom stereocenters. The number of esters is 3. The second-order valence-corrected chi connectivity index (χ2v) is 20.8. The number of carbonyl (C=O) groups is 3. The van der Waals surface area contributed by atoms with Crippen LogP contribution in [0, 0.1) is 17.8 Å². The third-order valence-corrected chi connectivity index (χ3v) is 13.3. The van der Waals surface area contributed by atoms with Crippen molar-refractivity contribution >= 4 is 17.9 Å². The van der Waals surface area contributed by atoms with Crippen molar-refractivity contribution in [1.82, 2.24) is 0 Å². The Morgan fingerprint density at radius 1 is 0.317 bits per heavy atom. The van der Waals surface area contributed by atoms with E-state index in [1.165, 1.54) is 193 Å². The monoisotopic (exact) mass is 891 g/mol. The molecule has 0 amide bonds. The van der Waals surface area contributed by atoms with E-state index in [2.05, 4.69) is 41.5 Å². The summed E-state index contributed by atoms with van der Waals surface area (Å²) >= 11 is 0. The van der Waals surface area contributed by atoms with Crippen LogP contribution in [0.4, 0.5) is 0 Å². The van der Waals surface area contributed by atoms with Gasteiger partial charge in [-0.2, -0.15) is 0 Å². The van der Waals surface area contributed by atoms with Crippen LogP contribution < -0.4 is 0 Å². The number of rotatable bonds is 50. The molecule has 0 N–H and O–H groups in total. The van der Waals surface area contributed by atoms with Gasteiger partial charge < -0.3 is 14.2 Å². The lowest BCUT2D eigenvalue weighted by molar-refractivity contribution is -0.167. The van der Waals surface area contributed by atoms with Crippen LogP contribution >= 0.6 is 0 Å². The summed E-state index contributed by atoms with van der Waals surface area (Å²) in [5, 5.41) is 0. The molecule has 0 rings (SSSR count). The number of carbonyl (C=O) groups excluding carboxylic acids is 3. The van der Waals surface area contributed by atoms with E-state index in [-0.39, 0.29) is 31.1 Å². The zero-order chi connectivity index (χ0) is 46.3. The summed E-state index contributed by atoms with van der Waals surface area (Å²) in [5.74, 6) is 1.68. The van der Waals surface area contributed by atoms with Crippen molar-refractivity contribution < 1.29 is 28.6 Å². The molecule has 0 aromatic carbocycles. The second kappa shape index (κ2) is 48.3. The summed E-state index contributed by atoms with van der Waals surface area (Å²) in [6, 6.07) is 0. The molecule has 0 spiro atoms. The first-order chi connectivity index (χ1) is 30.6. The van der Waals surface area contributed by atoms with Crippen LogP contribution in [0.2, 0.25) is 0 Å². The van der Waals surface area contributed by atoms with Crippen LogP contribution in [0.25, 0.3) is 0 Å². The fraction of sp³-hybridized carbons (Fsp3) is 0.947. The van der Waals surface area contributed by atoms with Crippen LogP contribution in [0.15, 0.2) is 0 Å². The van der Waals surface area contributed by atoms with Gasteiger partial charge in [-0.3, -0.25) is 14.4 Å². The van der Waals surface area contributed by atoms with E-state index >= 15 is 0 Å². The van der Waals surface area contributed by atoms with Crippen molar-refractivity contribution in [3.8, 4) is 0 Å². The molecular weight excluding hydrogens is 781 g/mol. The summed E-state index contributed by atoms with van der Waals surface area (Å²) in [6.45, 7) is 13.8. The molecule has 0 saturated carbocycles. The molecule has 0 aliphatic rings. The summed E-state index contributed by atoms with van der Waals surface area (Å²) < 4.78 is 16.9. The highest BCUT2D eigenvalue weighted by atomic mass is 16.6. The quantitative estimate of drug-likeness (QED) is 0.0344. The summed E-state index contributed by atoms with van der Waals surface area (Å²) in [7, 11) is 0. The molecule has 6 nitrogen and oxygen atoms in total. The second-order valence-electron chi connectivity index (χ2n) is 20.8. The Labute approximate surface area is 393 Å². The minimum Gasteiger partial charge on any atom is -0.462 e. The zero-order valence-electron chi connectivity index (χ0n) is 43.4. The first-order valence-electron chi connectivity index (χ1n) is 28.1. The van der Waals surface area contributed by atoms with E-state index < -0.39 is 6.10 Å². The van der Waals surface area contributed by atoms with Gasteiger partial charge in [-0.1, -0.05) is 273 Å². The first-order valence-corrected chi connectivity index (χ1v) is 28.1. The van der Waals surface area contributed by atoms with Gasteiger partial charge in [0.25, 0.3) is 0 Å². The molecule has 0 aromatic heterocycles. The Bertz CT molecular complexity index is 978. The molecule has 1 unspecified atom stereocenters. The van der Waals surface area contributed by atoms with Gasteiger partial charge in [0.1, 0.15) is 13.2 Å². The topological polar surface area (TPSA) is 78.9 Å². The fourth-order valence-electron chi connectivity index (χ4n) is 8.61. The summed E-state index contributed by atoms with van der Waals surface area (Å²) in [6.07, 6.45) is 49.4. The molecule has 0 aliphatic carbocycles. The van der Waals surface area contributed by atoms with E-state index in [1.807, 2.05) is 0 Å². The molecule has 374 valence electrons. The Kier molecular flexibility index (Phi) is 47.1. The number of ether oxygens (including phenoxy) is 3. The van der Waals surface area contributed by atoms with Crippen molar-refractivity contribution in [2.24, 2.45) is 17.8 Å². The van der Waals surface area contributed by atoms with Crippen molar-refractivity contribution in [2.75, 3.05) is 13.2 Å². The molecular formula is C57H110O6. The van der Waals surface area contributed by atoms with Crippen molar-refractivity contribution in [2.45, 2.75) is 317 Å². The number of hydrogen-bond donors (Lipinski definition) is 0. The smallest absolute Gasteiger partial charge is 0.306 e. The van der Waals surface area contributed by atoms with Gasteiger partial charge in [-0.25, -0.2) is 0 Å². The van der Waals surface area contributed by atoms with Crippen LogP contribution in [0.1, 0.15) is 311 Å². The maximum atomic E-state index is 12.8. The molecule has 0 fully saturated rings. The van der Waals surface area contributed by atoms with E-state index in [0.717, 1.165) is 75.5 Å². The molecule has 0 radical (unpaired) electrons. The van der Waals surface area contributed by atoms with Crippen molar-refractivity contribution in [3.63, 3.8) is 0 Å². The largest absolute Gasteiger partial charge is 0.462 e. The lowest BCUT2D eigenvalue weighted by atomic mass is 9.99. The van der Waals surface area contributed by atoms with Crippen molar-refractivity contribution in [3.05, 3.63) is 0 Å². The normalized spacial score (nSPS) is 12.6. The highest BCUT2D eigenvalue weighted by Gasteiger charge is 2.19. The predicted molar refractivity (Wildman–Crippen MR) is 270 cm³/mol. The van der Waals surface area contributed by atoms with Crippen LogP contribution in [0.3, 0.4) is 0 Å². The standard InChI is InChI=1S/C57H110O6/c1-7-53(6)45-39-33-27-23-24-29-35-41-47-56(59)62-50-54(63-57(60)48-42-36-30-22-18-14-10-12-16-20-26-32-38-44-52(4)5)49-61-55(58)46-40-34-28-21-17-13-9-8-11-15-19-25-31-37-43-51(2)3/h51-54H,7-50H2,1-6H3/t53?,54-/m1/s1. The van der Waals surface area contributed by atoms with Gasteiger partial charge in [-0.15, -0.1) is 0 Å². The Hall–Kier alpha value is -1.59. The highest BCUT2D eigenvalue weighted by molar-refractivity contribution is 5.71. The maximum absolute atomic E-state index is 12.8.